The van der Waals surface area contributed by atoms with E-state index in [1.165, 1.54) is 36.4 Å². The summed E-state index contributed by atoms with van der Waals surface area (Å²) in [5.74, 6) is 0. The lowest BCUT2D eigenvalue weighted by Crippen LogP contribution is -2.37. The number of aromatic amines is 6. The molecular weight excluding hydrogens is 761 g/mol. The molecule has 20 heteroatoms. The minimum atomic E-state index is -4.81. The van der Waals surface area contributed by atoms with Gasteiger partial charge in [0.25, 0.3) is 20.2 Å². The van der Waals surface area contributed by atoms with Crippen LogP contribution < -0.4 is 33.7 Å². The molecule has 0 aliphatic carbocycles. The van der Waals surface area contributed by atoms with Crippen LogP contribution in [0.1, 0.15) is 25.0 Å². The topological polar surface area (TPSA) is 278 Å². The second kappa shape index (κ2) is 17.2. The van der Waals surface area contributed by atoms with Crippen LogP contribution in [0.3, 0.4) is 0 Å². The zero-order valence-electron chi connectivity index (χ0n) is 29.8. The summed E-state index contributed by atoms with van der Waals surface area (Å²) < 4.78 is 70.6. The van der Waals surface area contributed by atoms with Crippen molar-refractivity contribution in [3.05, 3.63) is 142 Å². The molecule has 288 valence electrons. The van der Waals surface area contributed by atoms with Gasteiger partial charge in [-0.1, -0.05) is 60.7 Å². The van der Waals surface area contributed by atoms with Crippen molar-refractivity contribution in [1.29, 1.82) is 0 Å². The van der Waals surface area contributed by atoms with Crippen LogP contribution in [0.15, 0.2) is 137 Å². The van der Waals surface area contributed by atoms with Crippen LogP contribution in [0, 0.1) is 0 Å². The second-order valence-corrected chi connectivity index (χ2v) is 14.4. The van der Waals surface area contributed by atoms with Crippen molar-refractivity contribution < 1.29 is 25.9 Å². The first-order valence-electron chi connectivity index (χ1n) is 16.9. The molecule has 0 spiro atoms. The number of nitrogens with one attached hydrogen (secondary N) is 6. The molecule has 0 atom stereocenters. The Morgan fingerprint density at radius 1 is 0.464 bits per heavy atom. The van der Waals surface area contributed by atoms with Crippen molar-refractivity contribution in [1.82, 2.24) is 29.9 Å². The summed E-state index contributed by atoms with van der Waals surface area (Å²) in [5, 5.41) is 0. The Hall–Kier alpha value is -6.74. The lowest BCUT2D eigenvalue weighted by atomic mass is 10.1. The molecule has 6 aromatic rings. The number of benzene rings is 4. The summed E-state index contributed by atoms with van der Waals surface area (Å²) in [6.45, 7) is 4.57. The zero-order chi connectivity index (χ0) is 39.7. The van der Waals surface area contributed by atoms with Gasteiger partial charge in [-0.05, 0) is 73.5 Å². The average molecular weight is 797 g/mol. The Bertz CT molecular complexity index is 2860. The SMILES string of the molecule is CCN=c1[nH]c(=Nc2ccccc2)[nH]c(=Nc2ccc(/C=C/c3ccc(N=c4[nH]c(=NCC)[nH]c(=Nc5ccccc5)[nH]4)cc3S(=O)(=O)O)c(S(=O)(=O)O)c2)[nH]1. The van der Waals surface area contributed by atoms with Gasteiger partial charge >= 0.3 is 0 Å². The van der Waals surface area contributed by atoms with E-state index in [0.29, 0.717) is 46.9 Å². The third kappa shape index (κ3) is 10.5. The smallest absolute Gasteiger partial charge is 0.295 e. The fourth-order valence-corrected chi connectivity index (χ4v) is 6.57. The van der Waals surface area contributed by atoms with Crippen molar-refractivity contribution in [2.45, 2.75) is 23.6 Å². The molecule has 0 bridgehead atoms. The molecule has 0 aliphatic heterocycles. The second-order valence-electron chi connectivity index (χ2n) is 11.6. The van der Waals surface area contributed by atoms with Gasteiger partial charge in [0.05, 0.1) is 22.7 Å². The van der Waals surface area contributed by atoms with Crippen molar-refractivity contribution in [2.75, 3.05) is 13.1 Å². The normalized spacial score (nSPS) is 14.4. The molecule has 18 nitrogen and oxygen atoms in total. The van der Waals surface area contributed by atoms with Gasteiger partial charge in [-0.25, -0.2) is 20.0 Å². The Morgan fingerprint density at radius 2 is 0.786 bits per heavy atom. The van der Waals surface area contributed by atoms with E-state index in [1.807, 2.05) is 50.2 Å². The molecular formula is C36H36N12O6S2. The molecule has 2 heterocycles. The van der Waals surface area contributed by atoms with E-state index >= 15 is 0 Å². The number of hydrogen-bond acceptors (Lipinski definition) is 10. The largest absolute Gasteiger partial charge is 0.296 e. The van der Waals surface area contributed by atoms with Crippen LogP contribution in [-0.4, -0.2) is 68.9 Å². The van der Waals surface area contributed by atoms with Gasteiger partial charge in [0.1, 0.15) is 9.79 Å². The van der Waals surface area contributed by atoms with Crippen molar-refractivity contribution in [2.24, 2.45) is 30.0 Å². The Labute approximate surface area is 318 Å². The van der Waals surface area contributed by atoms with E-state index in [0.717, 1.165) is 12.1 Å². The molecule has 0 radical (unpaired) electrons. The highest BCUT2D eigenvalue weighted by molar-refractivity contribution is 7.86. The van der Waals surface area contributed by atoms with Crippen LogP contribution in [-0.2, 0) is 20.2 Å². The number of para-hydroxylation sites is 2. The van der Waals surface area contributed by atoms with Crippen molar-refractivity contribution >= 4 is 55.1 Å². The van der Waals surface area contributed by atoms with Gasteiger partial charge in [-0.3, -0.25) is 49.0 Å². The number of hydrogen-bond donors (Lipinski definition) is 8. The van der Waals surface area contributed by atoms with E-state index < -0.39 is 30.0 Å². The molecule has 0 unspecified atom stereocenters. The summed E-state index contributed by atoms with van der Waals surface area (Å²) in [5.41, 5.74) is 3.22. The number of aromatic nitrogens is 6. The Kier molecular flexibility index (Phi) is 11.9. The predicted molar refractivity (Wildman–Crippen MR) is 206 cm³/mol. The molecule has 2 aromatic heterocycles. The lowest BCUT2D eigenvalue weighted by Gasteiger charge is -2.07. The zero-order valence-corrected chi connectivity index (χ0v) is 31.5. The third-order valence-corrected chi connectivity index (χ3v) is 9.34. The summed E-state index contributed by atoms with van der Waals surface area (Å²) >= 11 is 0. The maximum absolute atomic E-state index is 12.6. The van der Waals surface area contributed by atoms with Gasteiger partial charge in [0.2, 0.25) is 33.7 Å². The molecule has 4 aromatic carbocycles. The number of rotatable bonds is 10. The molecule has 0 aliphatic rings. The van der Waals surface area contributed by atoms with Crippen LogP contribution in [0.25, 0.3) is 12.2 Å². The highest BCUT2D eigenvalue weighted by atomic mass is 32.2. The Morgan fingerprint density at radius 3 is 1.11 bits per heavy atom. The first kappa shape index (κ1) is 39.0. The van der Waals surface area contributed by atoms with Crippen molar-refractivity contribution in [3.63, 3.8) is 0 Å². The molecule has 0 amide bonds. The average Bonchev–Trinajstić information content (AvgIpc) is 3.15. The van der Waals surface area contributed by atoms with Crippen LogP contribution in [0.5, 0.6) is 0 Å². The number of nitrogens with zero attached hydrogens (tertiary/aromatic N) is 6. The highest BCUT2D eigenvalue weighted by Crippen LogP contribution is 2.27. The molecule has 0 saturated carbocycles. The predicted octanol–water partition coefficient (Wildman–Crippen LogP) is 3.09. The fourth-order valence-electron chi connectivity index (χ4n) is 5.17. The third-order valence-electron chi connectivity index (χ3n) is 7.52. The molecule has 0 fully saturated rings. The molecule has 8 N–H and O–H groups in total. The minimum Gasteiger partial charge on any atom is -0.296 e. The van der Waals surface area contributed by atoms with E-state index in [1.54, 1.807) is 24.3 Å². The summed E-state index contributed by atoms with van der Waals surface area (Å²) in [6.07, 6.45) is 2.56. The van der Waals surface area contributed by atoms with Crippen LogP contribution >= 0.6 is 0 Å². The van der Waals surface area contributed by atoms with Gasteiger partial charge in [-0.2, -0.15) is 16.8 Å². The van der Waals surface area contributed by atoms with Crippen molar-refractivity contribution in [3.8, 4) is 0 Å². The van der Waals surface area contributed by atoms with Crippen LogP contribution in [0.4, 0.5) is 22.7 Å². The highest BCUT2D eigenvalue weighted by Gasteiger charge is 2.17. The summed E-state index contributed by atoms with van der Waals surface area (Å²) in [6, 6.07) is 26.3. The maximum atomic E-state index is 12.6. The monoisotopic (exact) mass is 796 g/mol. The van der Waals surface area contributed by atoms with E-state index in [2.05, 4.69) is 59.9 Å². The number of H-pyrrole nitrogens is 6. The lowest BCUT2D eigenvalue weighted by molar-refractivity contribution is 0.480. The molecule has 6 rings (SSSR count). The molecule has 0 saturated heterocycles. The fraction of sp³-hybridized carbons (Fsp3) is 0.111. The summed E-state index contributed by atoms with van der Waals surface area (Å²) in [7, 11) is -9.62. The molecule has 56 heavy (non-hydrogen) atoms. The van der Waals surface area contributed by atoms with Crippen LogP contribution in [0.2, 0.25) is 0 Å². The van der Waals surface area contributed by atoms with E-state index in [9.17, 15) is 25.9 Å². The van der Waals surface area contributed by atoms with Gasteiger partial charge in [0.15, 0.2) is 0 Å². The Balaban J connectivity index is 1.39. The minimum absolute atomic E-state index is 0.00364. The van der Waals surface area contributed by atoms with Gasteiger partial charge in [-0.15, -0.1) is 0 Å². The van der Waals surface area contributed by atoms with E-state index in [4.69, 9.17) is 0 Å². The van der Waals surface area contributed by atoms with E-state index in [-0.39, 0.29) is 33.7 Å². The standard InChI is InChI=1S/C36H36N12O6S2/c1-3-37-31-43-33(39-25-11-7-5-8-12-25)47-35(45-31)41-27-19-17-23(29(21-27)55(49,50)51)15-16-24-18-20-28(22-30(24)56(52,53)54)42-36-46-32(38-4-2)44-34(48-36)40-26-13-9-6-10-14-26/h5-22H,3-4H2,1-2H3,(H,49,50,51)(H,52,53,54)(H3,37,39,41,43,45,47)(H3,38,40,42,44,46,48)/b16-15+. The summed E-state index contributed by atoms with van der Waals surface area (Å²) in [4.78, 5) is 43.5. The quantitative estimate of drug-likeness (QED) is 0.0761. The first-order valence-corrected chi connectivity index (χ1v) is 19.8. The maximum Gasteiger partial charge on any atom is 0.295 e. The van der Waals surface area contributed by atoms with Gasteiger partial charge in [0, 0.05) is 13.1 Å². The first-order chi connectivity index (χ1) is 26.9. The van der Waals surface area contributed by atoms with Gasteiger partial charge < -0.3 is 0 Å².